The number of amides is 2. The molecule has 0 saturated carbocycles. The lowest BCUT2D eigenvalue weighted by molar-refractivity contribution is -0.123. The van der Waals surface area contributed by atoms with Crippen LogP contribution in [0.4, 0.5) is 5.69 Å². The summed E-state index contributed by atoms with van der Waals surface area (Å²) in [4.78, 5) is 22.3. The predicted octanol–water partition coefficient (Wildman–Crippen LogP) is 0.462. The third kappa shape index (κ3) is 3.84. The molecule has 5 N–H and O–H groups in total. The van der Waals surface area contributed by atoms with Crippen molar-refractivity contribution >= 4 is 33.4 Å². The van der Waals surface area contributed by atoms with Crippen molar-refractivity contribution < 1.29 is 9.59 Å². The zero-order chi connectivity index (χ0) is 13.7. The van der Waals surface area contributed by atoms with E-state index in [9.17, 15) is 9.59 Å². The molecule has 18 heavy (non-hydrogen) atoms. The van der Waals surface area contributed by atoms with E-state index in [0.29, 0.717) is 11.3 Å². The molecule has 1 unspecified atom stereocenters. The van der Waals surface area contributed by atoms with Crippen LogP contribution in [0.5, 0.6) is 0 Å². The molecular formula is C11H11BrN4O2. The minimum absolute atomic E-state index is 0.246. The Morgan fingerprint density at radius 3 is 2.72 bits per heavy atom. The van der Waals surface area contributed by atoms with Gasteiger partial charge in [0.05, 0.1) is 23.7 Å². The van der Waals surface area contributed by atoms with Crippen molar-refractivity contribution in [3.05, 3.63) is 28.2 Å². The molecule has 0 aliphatic rings. The number of carbonyl (C=O) groups is 2. The molecule has 2 amide bonds. The average molecular weight is 311 g/mol. The fourth-order valence-electron chi connectivity index (χ4n) is 1.25. The average Bonchev–Trinajstić information content (AvgIpc) is 2.30. The van der Waals surface area contributed by atoms with Gasteiger partial charge >= 0.3 is 0 Å². The molecule has 1 aromatic rings. The van der Waals surface area contributed by atoms with Crippen LogP contribution in [0.25, 0.3) is 0 Å². The lowest BCUT2D eigenvalue weighted by atomic mass is 10.1. The van der Waals surface area contributed by atoms with Crippen molar-refractivity contribution in [3.63, 3.8) is 0 Å². The van der Waals surface area contributed by atoms with Crippen LogP contribution >= 0.6 is 15.9 Å². The molecule has 0 fully saturated rings. The van der Waals surface area contributed by atoms with Crippen molar-refractivity contribution in [1.82, 2.24) is 0 Å². The summed E-state index contributed by atoms with van der Waals surface area (Å²) < 4.78 is 0.721. The minimum atomic E-state index is -1.03. The highest BCUT2D eigenvalue weighted by Crippen LogP contribution is 2.20. The van der Waals surface area contributed by atoms with Crippen LogP contribution in [-0.2, 0) is 9.59 Å². The second-order valence-electron chi connectivity index (χ2n) is 3.57. The van der Waals surface area contributed by atoms with Gasteiger partial charge in [-0.05, 0) is 18.2 Å². The van der Waals surface area contributed by atoms with E-state index in [-0.39, 0.29) is 6.42 Å². The van der Waals surface area contributed by atoms with Gasteiger partial charge in [-0.3, -0.25) is 9.59 Å². The van der Waals surface area contributed by atoms with Crippen LogP contribution in [0.2, 0.25) is 0 Å². The molecule has 1 aromatic carbocycles. The highest BCUT2D eigenvalue weighted by Gasteiger charge is 2.17. The quantitative estimate of drug-likeness (QED) is 0.747. The first-order valence-electron chi connectivity index (χ1n) is 4.98. The fraction of sp³-hybridized carbons (Fsp3) is 0.182. The highest BCUT2D eigenvalue weighted by molar-refractivity contribution is 9.10. The zero-order valence-electron chi connectivity index (χ0n) is 9.31. The third-order valence-corrected chi connectivity index (χ3v) is 2.61. The maximum Gasteiger partial charge on any atom is 0.241 e. The molecule has 0 saturated heterocycles. The number of hydrogen-bond acceptors (Lipinski definition) is 4. The molecule has 7 heteroatoms. The van der Waals surface area contributed by atoms with Crippen molar-refractivity contribution in [1.29, 1.82) is 5.26 Å². The smallest absolute Gasteiger partial charge is 0.241 e. The monoisotopic (exact) mass is 310 g/mol. The van der Waals surface area contributed by atoms with E-state index in [2.05, 4.69) is 21.2 Å². The van der Waals surface area contributed by atoms with E-state index in [0.717, 1.165) is 4.47 Å². The Kier molecular flexibility index (Phi) is 4.83. The first kappa shape index (κ1) is 14.2. The van der Waals surface area contributed by atoms with Crippen LogP contribution in [0.15, 0.2) is 22.7 Å². The van der Waals surface area contributed by atoms with Crippen LogP contribution in [-0.4, -0.2) is 17.9 Å². The van der Waals surface area contributed by atoms with Gasteiger partial charge in [0, 0.05) is 4.47 Å². The number of nitrogens with one attached hydrogen (secondary N) is 1. The standard InChI is InChI=1S/C11H11BrN4O2/c12-7-1-2-9(6(3-7)5-13)16-11(18)8(14)4-10(15)17/h1-3,8H,4,14H2,(H2,15,17)(H,16,18). The molecule has 0 radical (unpaired) electrons. The summed E-state index contributed by atoms with van der Waals surface area (Å²) in [5, 5.41) is 11.4. The first-order chi connectivity index (χ1) is 8.43. The van der Waals surface area contributed by atoms with E-state index in [1.807, 2.05) is 6.07 Å². The maximum absolute atomic E-state index is 11.6. The van der Waals surface area contributed by atoms with Crippen LogP contribution in [0, 0.1) is 11.3 Å². The second kappa shape index (κ2) is 6.14. The van der Waals surface area contributed by atoms with Gasteiger partial charge < -0.3 is 16.8 Å². The topological polar surface area (TPSA) is 122 Å². The molecule has 0 aromatic heterocycles. The van der Waals surface area contributed by atoms with Crippen LogP contribution in [0.3, 0.4) is 0 Å². The summed E-state index contributed by atoms with van der Waals surface area (Å²) in [5.74, 6) is -1.22. The zero-order valence-corrected chi connectivity index (χ0v) is 10.9. The molecule has 0 heterocycles. The van der Waals surface area contributed by atoms with Gasteiger partial charge in [-0.1, -0.05) is 15.9 Å². The number of benzene rings is 1. The summed E-state index contributed by atoms with van der Waals surface area (Å²) >= 11 is 3.22. The van der Waals surface area contributed by atoms with Crippen molar-refractivity contribution in [2.75, 3.05) is 5.32 Å². The number of anilines is 1. The summed E-state index contributed by atoms with van der Waals surface area (Å²) in [6.07, 6.45) is -0.246. The largest absolute Gasteiger partial charge is 0.370 e. The van der Waals surface area contributed by atoms with Gasteiger partial charge in [-0.15, -0.1) is 0 Å². The third-order valence-electron chi connectivity index (χ3n) is 2.12. The number of hydrogen-bond donors (Lipinski definition) is 3. The number of rotatable bonds is 4. The second-order valence-corrected chi connectivity index (χ2v) is 4.48. The summed E-state index contributed by atoms with van der Waals surface area (Å²) in [7, 11) is 0. The van der Waals surface area contributed by atoms with E-state index < -0.39 is 17.9 Å². The normalized spacial score (nSPS) is 11.4. The van der Waals surface area contributed by atoms with Crippen LogP contribution in [0.1, 0.15) is 12.0 Å². The molecule has 6 nitrogen and oxygen atoms in total. The highest BCUT2D eigenvalue weighted by atomic mass is 79.9. The first-order valence-corrected chi connectivity index (χ1v) is 5.77. The summed E-state index contributed by atoms with van der Waals surface area (Å²) in [6.45, 7) is 0. The van der Waals surface area contributed by atoms with E-state index in [4.69, 9.17) is 16.7 Å². The predicted molar refractivity (Wildman–Crippen MR) is 69.3 cm³/mol. The molecule has 0 aliphatic heterocycles. The Morgan fingerprint density at radius 2 is 2.17 bits per heavy atom. The summed E-state index contributed by atoms with van der Waals surface area (Å²) in [6, 6.07) is 5.72. The van der Waals surface area contributed by atoms with E-state index in [1.165, 1.54) is 0 Å². The van der Waals surface area contributed by atoms with Crippen molar-refractivity contribution in [2.45, 2.75) is 12.5 Å². The molecule has 94 valence electrons. The van der Waals surface area contributed by atoms with Gasteiger partial charge in [0.15, 0.2) is 0 Å². The Balaban J connectivity index is 2.82. The van der Waals surface area contributed by atoms with Gasteiger partial charge in [-0.25, -0.2) is 0 Å². The van der Waals surface area contributed by atoms with Crippen molar-refractivity contribution in [3.8, 4) is 6.07 Å². The molecule has 0 aliphatic carbocycles. The number of primary amides is 1. The van der Waals surface area contributed by atoms with E-state index in [1.54, 1.807) is 18.2 Å². The number of halogens is 1. The Bertz CT molecular complexity index is 524. The van der Waals surface area contributed by atoms with Crippen LogP contribution < -0.4 is 16.8 Å². The summed E-state index contributed by atoms with van der Waals surface area (Å²) in [5.41, 5.74) is 11.1. The fourth-order valence-corrected chi connectivity index (χ4v) is 1.61. The van der Waals surface area contributed by atoms with E-state index >= 15 is 0 Å². The number of nitriles is 1. The van der Waals surface area contributed by atoms with Gasteiger partial charge in [0.2, 0.25) is 11.8 Å². The molecule has 1 rings (SSSR count). The number of nitrogens with two attached hydrogens (primary N) is 2. The lowest BCUT2D eigenvalue weighted by Gasteiger charge is -2.11. The number of nitrogens with zero attached hydrogens (tertiary/aromatic N) is 1. The van der Waals surface area contributed by atoms with Gasteiger partial charge in [-0.2, -0.15) is 5.26 Å². The Labute approximate surface area is 112 Å². The minimum Gasteiger partial charge on any atom is -0.370 e. The maximum atomic E-state index is 11.6. The van der Waals surface area contributed by atoms with Gasteiger partial charge in [0.25, 0.3) is 0 Å². The molecule has 0 bridgehead atoms. The molecule has 0 spiro atoms. The Hall–Kier alpha value is -1.91. The van der Waals surface area contributed by atoms with Crippen molar-refractivity contribution in [2.24, 2.45) is 11.5 Å². The Morgan fingerprint density at radius 1 is 1.50 bits per heavy atom. The molecule has 1 atom stereocenters. The van der Waals surface area contributed by atoms with Gasteiger partial charge in [0.1, 0.15) is 6.07 Å². The lowest BCUT2D eigenvalue weighted by Crippen LogP contribution is -2.39. The molecular weight excluding hydrogens is 300 g/mol. The SMILES string of the molecule is N#Cc1cc(Br)ccc1NC(=O)C(N)CC(N)=O. The number of carbonyl (C=O) groups excluding carboxylic acids is 2.